The summed E-state index contributed by atoms with van der Waals surface area (Å²) in [6, 6.07) is 12.0. The van der Waals surface area contributed by atoms with Gasteiger partial charge in [-0.2, -0.15) is 0 Å². The Morgan fingerprint density at radius 3 is 2.96 bits per heavy atom. The van der Waals surface area contributed by atoms with Crippen molar-refractivity contribution >= 4 is 34.3 Å². The number of aryl methyl sites for hydroxylation is 1. The molecular formula is C18H15N3O3S. The Hall–Kier alpha value is -2.80. The van der Waals surface area contributed by atoms with Crippen molar-refractivity contribution in [2.45, 2.75) is 17.8 Å². The van der Waals surface area contributed by atoms with Crippen molar-refractivity contribution in [3.63, 3.8) is 0 Å². The van der Waals surface area contributed by atoms with Gasteiger partial charge >= 0.3 is 5.97 Å². The average molecular weight is 353 g/mol. The van der Waals surface area contributed by atoms with E-state index in [1.54, 1.807) is 6.07 Å². The summed E-state index contributed by atoms with van der Waals surface area (Å²) in [6.07, 6.45) is 1.49. The largest absolute Gasteiger partial charge is 0.463 e. The van der Waals surface area contributed by atoms with Crippen LogP contribution in [0.25, 0.3) is 16.6 Å². The maximum atomic E-state index is 11.7. The van der Waals surface area contributed by atoms with Crippen LogP contribution in [0.5, 0.6) is 0 Å². The molecule has 0 spiro atoms. The fourth-order valence-corrected chi connectivity index (χ4v) is 3.76. The second-order valence-corrected chi connectivity index (χ2v) is 6.52. The number of pyridine rings is 1. The van der Waals surface area contributed by atoms with Gasteiger partial charge in [0.15, 0.2) is 10.8 Å². The van der Waals surface area contributed by atoms with Crippen molar-refractivity contribution < 1.29 is 13.9 Å². The van der Waals surface area contributed by atoms with Crippen LogP contribution in [0.3, 0.4) is 0 Å². The predicted molar refractivity (Wildman–Crippen MR) is 94.8 cm³/mol. The third-order valence-corrected chi connectivity index (χ3v) is 5.03. The summed E-state index contributed by atoms with van der Waals surface area (Å²) in [7, 11) is 1.34. The highest BCUT2D eigenvalue weighted by Crippen LogP contribution is 2.28. The third kappa shape index (κ3) is 2.66. The van der Waals surface area contributed by atoms with E-state index in [9.17, 15) is 4.79 Å². The molecule has 25 heavy (non-hydrogen) atoms. The van der Waals surface area contributed by atoms with Gasteiger partial charge in [-0.05, 0) is 30.7 Å². The Labute approximate surface area is 147 Å². The summed E-state index contributed by atoms with van der Waals surface area (Å²) in [5, 5.41) is 10.5. The number of ether oxygens (including phenoxy) is 1. The second-order valence-electron chi connectivity index (χ2n) is 5.58. The lowest BCUT2D eigenvalue weighted by molar-refractivity contribution is 0.0564. The molecule has 0 unspecified atom stereocenters. The van der Waals surface area contributed by atoms with E-state index < -0.39 is 5.97 Å². The van der Waals surface area contributed by atoms with Gasteiger partial charge in [0, 0.05) is 16.7 Å². The molecule has 0 bridgehead atoms. The molecule has 0 fully saturated rings. The van der Waals surface area contributed by atoms with Crippen LogP contribution >= 0.6 is 11.8 Å². The van der Waals surface area contributed by atoms with Crippen LogP contribution in [0.15, 0.2) is 52.2 Å². The molecule has 0 atom stereocenters. The van der Waals surface area contributed by atoms with Crippen molar-refractivity contribution in [1.82, 2.24) is 14.6 Å². The molecule has 4 rings (SSSR count). The molecule has 1 aromatic carbocycles. The molecule has 0 saturated heterocycles. The SMILES string of the molecule is COC(=O)c1occc1CSc1nnc2cc(C)c3ccccc3n12. The van der Waals surface area contributed by atoms with Crippen LogP contribution in [0, 0.1) is 6.92 Å². The highest BCUT2D eigenvalue weighted by molar-refractivity contribution is 7.98. The number of carbonyl (C=O) groups is 1. The summed E-state index contributed by atoms with van der Waals surface area (Å²) < 4.78 is 12.0. The first-order valence-corrected chi connectivity index (χ1v) is 8.68. The quantitative estimate of drug-likeness (QED) is 0.410. The number of thioether (sulfide) groups is 1. The summed E-state index contributed by atoms with van der Waals surface area (Å²) in [5.74, 6) is 0.279. The van der Waals surface area contributed by atoms with Gasteiger partial charge in [-0.3, -0.25) is 4.40 Å². The number of carbonyl (C=O) groups excluding carboxylic acids is 1. The Balaban J connectivity index is 1.73. The lowest BCUT2D eigenvalue weighted by Crippen LogP contribution is -2.02. The van der Waals surface area contributed by atoms with E-state index >= 15 is 0 Å². The normalized spacial score (nSPS) is 11.3. The summed E-state index contributed by atoms with van der Waals surface area (Å²) in [4.78, 5) is 11.7. The molecule has 0 aliphatic heterocycles. The number of fused-ring (bicyclic) bond motifs is 3. The predicted octanol–water partition coefficient (Wildman–Crippen LogP) is 3.86. The minimum absolute atomic E-state index is 0.226. The molecule has 6 nitrogen and oxygen atoms in total. The number of hydrogen-bond donors (Lipinski definition) is 0. The van der Waals surface area contributed by atoms with Crippen molar-refractivity contribution in [1.29, 1.82) is 0 Å². The molecule has 3 heterocycles. The maximum Gasteiger partial charge on any atom is 0.374 e. The average Bonchev–Trinajstić information content (AvgIpc) is 3.26. The molecule has 3 aromatic heterocycles. The molecule has 126 valence electrons. The van der Waals surface area contributed by atoms with E-state index in [0.717, 1.165) is 32.8 Å². The zero-order chi connectivity index (χ0) is 17.4. The number of esters is 1. The van der Waals surface area contributed by atoms with Gasteiger partial charge in [0.25, 0.3) is 0 Å². The van der Waals surface area contributed by atoms with Crippen molar-refractivity contribution in [2.75, 3.05) is 7.11 Å². The van der Waals surface area contributed by atoms with E-state index in [2.05, 4.69) is 29.3 Å². The molecule has 0 radical (unpaired) electrons. The van der Waals surface area contributed by atoms with Crippen molar-refractivity contribution in [3.8, 4) is 0 Å². The molecule has 0 aliphatic rings. The molecule has 0 amide bonds. The molecular weight excluding hydrogens is 338 g/mol. The van der Waals surface area contributed by atoms with Crippen LogP contribution in [-0.2, 0) is 10.5 Å². The number of rotatable bonds is 4. The van der Waals surface area contributed by atoms with E-state index in [0.29, 0.717) is 5.75 Å². The highest BCUT2D eigenvalue weighted by atomic mass is 32.2. The van der Waals surface area contributed by atoms with Crippen molar-refractivity contribution in [2.24, 2.45) is 0 Å². The lowest BCUT2D eigenvalue weighted by Gasteiger charge is -2.07. The van der Waals surface area contributed by atoms with E-state index in [-0.39, 0.29) is 5.76 Å². The lowest BCUT2D eigenvalue weighted by atomic mass is 10.1. The van der Waals surface area contributed by atoms with E-state index in [1.165, 1.54) is 25.1 Å². The molecule has 0 aliphatic carbocycles. The van der Waals surface area contributed by atoms with Crippen LogP contribution in [-0.4, -0.2) is 27.7 Å². The minimum Gasteiger partial charge on any atom is -0.463 e. The molecule has 0 N–H and O–H groups in total. The molecule has 0 saturated carbocycles. The number of aromatic nitrogens is 3. The number of furan rings is 1. The van der Waals surface area contributed by atoms with Gasteiger partial charge in [0.2, 0.25) is 5.76 Å². The monoisotopic (exact) mass is 353 g/mol. The smallest absolute Gasteiger partial charge is 0.374 e. The number of hydrogen-bond acceptors (Lipinski definition) is 6. The highest BCUT2D eigenvalue weighted by Gasteiger charge is 2.17. The van der Waals surface area contributed by atoms with E-state index in [4.69, 9.17) is 9.15 Å². The number of benzene rings is 1. The topological polar surface area (TPSA) is 69.6 Å². The fraction of sp³-hybridized carbons (Fsp3) is 0.167. The summed E-state index contributed by atoms with van der Waals surface area (Å²) >= 11 is 1.50. The van der Waals surface area contributed by atoms with Crippen molar-refractivity contribution in [3.05, 3.63) is 59.5 Å². The Kier molecular flexibility index (Phi) is 3.93. The molecule has 7 heteroatoms. The van der Waals surface area contributed by atoms with Gasteiger partial charge in [-0.1, -0.05) is 30.0 Å². The maximum absolute atomic E-state index is 11.7. The number of methoxy groups -OCH3 is 1. The second kappa shape index (κ2) is 6.25. The van der Waals surface area contributed by atoms with Crippen LogP contribution < -0.4 is 0 Å². The third-order valence-electron chi connectivity index (χ3n) is 4.05. The van der Waals surface area contributed by atoms with Gasteiger partial charge in [-0.25, -0.2) is 4.79 Å². The Bertz CT molecular complexity index is 1080. The van der Waals surface area contributed by atoms with Gasteiger partial charge in [0.05, 0.1) is 18.9 Å². The van der Waals surface area contributed by atoms with Crippen LogP contribution in [0.2, 0.25) is 0 Å². The minimum atomic E-state index is -0.479. The first-order valence-electron chi connectivity index (χ1n) is 7.70. The van der Waals surface area contributed by atoms with Crippen LogP contribution in [0.4, 0.5) is 0 Å². The van der Waals surface area contributed by atoms with Crippen LogP contribution in [0.1, 0.15) is 21.7 Å². The zero-order valence-corrected chi connectivity index (χ0v) is 14.5. The zero-order valence-electron chi connectivity index (χ0n) is 13.7. The standard InChI is InChI=1S/C18H15N3O3S/c1-11-9-15-19-20-18(21(15)14-6-4-3-5-13(11)14)25-10-12-7-8-24-16(12)17(22)23-2/h3-9H,10H2,1-2H3. The van der Waals surface area contributed by atoms with Gasteiger partial charge in [-0.15, -0.1) is 10.2 Å². The Morgan fingerprint density at radius 1 is 1.28 bits per heavy atom. The first kappa shape index (κ1) is 15.7. The molecule has 4 aromatic rings. The Morgan fingerprint density at radius 2 is 2.12 bits per heavy atom. The summed E-state index contributed by atoms with van der Waals surface area (Å²) in [5.41, 5.74) is 3.80. The number of para-hydroxylation sites is 1. The fourth-order valence-electron chi connectivity index (χ4n) is 2.83. The van der Waals surface area contributed by atoms with Gasteiger partial charge < -0.3 is 9.15 Å². The first-order chi connectivity index (χ1) is 12.2. The summed E-state index contributed by atoms with van der Waals surface area (Å²) in [6.45, 7) is 2.07. The number of nitrogens with zero attached hydrogens (tertiary/aromatic N) is 3. The van der Waals surface area contributed by atoms with Gasteiger partial charge in [0.1, 0.15) is 0 Å². The van der Waals surface area contributed by atoms with E-state index in [1.807, 2.05) is 22.6 Å².